The zero-order chi connectivity index (χ0) is 18.2. The van der Waals surface area contributed by atoms with Gasteiger partial charge in [0.05, 0.1) is 18.2 Å². The number of carbonyl (C=O) groups is 2. The number of carbonyl (C=O) groups excluding carboxylic acids is 2. The maximum atomic E-state index is 12.5. The minimum atomic E-state index is -0.296. The van der Waals surface area contributed by atoms with Gasteiger partial charge in [0.15, 0.2) is 0 Å². The van der Waals surface area contributed by atoms with E-state index in [9.17, 15) is 9.59 Å². The lowest BCUT2D eigenvalue weighted by atomic mass is 10.1. The molecule has 1 saturated heterocycles. The van der Waals surface area contributed by atoms with Crippen LogP contribution in [0.4, 0.5) is 5.69 Å². The first-order chi connectivity index (χ1) is 12.1. The fourth-order valence-electron chi connectivity index (χ4n) is 3.21. The second-order valence-electron chi connectivity index (χ2n) is 6.71. The van der Waals surface area contributed by atoms with Crippen LogP contribution in [0.5, 0.6) is 5.75 Å². The minimum absolute atomic E-state index is 0.0197. The molecular weight excluding hydrogens is 316 g/mol. The summed E-state index contributed by atoms with van der Waals surface area (Å²) in [6.07, 6.45) is 4.72. The van der Waals surface area contributed by atoms with E-state index in [1.807, 2.05) is 38.1 Å². The van der Waals surface area contributed by atoms with Crippen molar-refractivity contribution >= 4 is 17.5 Å². The average Bonchev–Trinajstić information content (AvgIpc) is 2.98. The third-order valence-corrected chi connectivity index (χ3v) is 4.58. The second kappa shape index (κ2) is 9.44. The Hall–Kier alpha value is -2.04. The summed E-state index contributed by atoms with van der Waals surface area (Å²) in [5.74, 6) is 0.350. The number of nitrogens with one attached hydrogen (secondary N) is 1. The van der Waals surface area contributed by atoms with Crippen molar-refractivity contribution in [2.45, 2.75) is 58.9 Å². The molecule has 1 aliphatic heterocycles. The largest absolute Gasteiger partial charge is 0.492 e. The highest BCUT2D eigenvalue weighted by atomic mass is 16.5. The molecule has 1 heterocycles. The quantitative estimate of drug-likeness (QED) is 0.696. The summed E-state index contributed by atoms with van der Waals surface area (Å²) in [7, 11) is 0. The van der Waals surface area contributed by atoms with Gasteiger partial charge >= 0.3 is 0 Å². The van der Waals surface area contributed by atoms with Crippen molar-refractivity contribution in [1.29, 1.82) is 0 Å². The molecule has 1 aromatic rings. The van der Waals surface area contributed by atoms with Crippen LogP contribution in [-0.4, -0.2) is 31.0 Å². The van der Waals surface area contributed by atoms with Gasteiger partial charge in [-0.1, -0.05) is 38.3 Å². The van der Waals surface area contributed by atoms with Gasteiger partial charge in [-0.2, -0.15) is 0 Å². The zero-order valence-electron chi connectivity index (χ0n) is 15.6. The molecule has 138 valence electrons. The highest BCUT2D eigenvalue weighted by Gasteiger charge is 2.36. The Morgan fingerprint density at radius 2 is 2.08 bits per heavy atom. The number of hydrogen-bond acceptors (Lipinski definition) is 3. The summed E-state index contributed by atoms with van der Waals surface area (Å²) in [4.78, 5) is 26.6. The van der Waals surface area contributed by atoms with Crippen molar-refractivity contribution in [3.05, 3.63) is 24.3 Å². The van der Waals surface area contributed by atoms with Gasteiger partial charge in [-0.15, -0.1) is 0 Å². The Bertz CT molecular complexity index is 588. The highest BCUT2D eigenvalue weighted by molar-refractivity contribution is 6.01. The number of unbranched alkanes of at least 4 members (excludes halogenated alkanes) is 2. The SMILES string of the molecule is CCCCCC(C)NC(=O)C1CC(=O)N(c2ccccc2OCC)C1. The van der Waals surface area contributed by atoms with Crippen LogP contribution in [0, 0.1) is 5.92 Å². The zero-order valence-corrected chi connectivity index (χ0v) is 15.6. The van der Waals surface area contributed by atoms with E-state index in [2.05, 4.69) is 12.2 Å². The molecule has 0 saturated carbocycles. The molecule has 2 unspecified atom stereocenters. The molecule has 25 heavy (non-hydrogen) atoms. The molecule has 2 amide bonds. The number of benzene rings is 1. The Morgan fingerprint density at radius 1 is 1.32 bits per heavy atom. The molecular formula is C20H30N2O3. The van der Waals surface area contributed by atoms with Crippen LogP contribution in [0.3, 0.4) is 0 Å². The summed E-state index contributed by atoms with van der Waals surface area (Å²) in [5.41, 5.74) is 0.751. The summed E-state index contributed by atoms with van der Waals surface area (Å²) < 4.78 is 5.62. The number of anilines is 1. The van der Waals surface area contributed by atoms with E-state index in [4.69, 9.17) is 4.74 Å². The van der Waals surface area contributed by atoms with Crippen LogP contribution in [-0.2, 0) is 9.59 Å². The van der Waals surface area contributed by atoms with Crippen molar-refractivity contribution < 1.29 is 14.3 Å². The minimum Gasteiger partial charge on any atom is -0.492 e. The number of hydrogen-bond donors (Lipinski definition) is 1. The summed E-state index contributed by atoms with van der Waals surface area (Å²) in [5, 5.41) is 3.06. The van der Waals surface area contributed by atoms with E-state index in [1.165, 1.54) is 12.8 Å². The topological polar surface area (TPSA) is 58.6 Å². The van der Waals surface area contributed by atoms with Gasteiger partial charge in [-0.25, -0.2) is 0 Å². The van der Waals surface area contributed by atoms with E-state index in [0.717, 1.165) is 18.5 Å². The summed E-state index contributed by atoms with van der Waals surface area (Å²) in [6, 6.07) is 7.65. The van der Waals surface area contributed by atoms with Gasteiger partial charge in [0.2, 0.25) is 11.8 Å². The second-order valence-corrected chi connectivity index (χ2v) is 6.71. The third kappa shape index (κ3) is 5.21. The molecule has 1 fully saturated rings. The third-order valence-electron chi connectivity index (χ3n) is 4.58. The van der Waals surface area contributed by atoms with E-state index in [1.54, 1.807) is 4.90 Å². The summed E-state index contributed by atoms with van der Waals surface area (Å²) in [6.45, 7) is 7.07. The molecule has 5 nitrogen and oxygen atoms in total. The lowest BCUT2D eigenvalue weighted by molar-refractivity contribution is -0.126. The van der Waals surface area contributed by atoms with Gasteiger partial charge in [0.1, 0.15) is 5.75 Å². The Balaban J connectivity index is 1.97. The fraction of sp³-hybridized carbons (Fsp3) is 0.600. The molecule has 0 bridgehead atoms. The monoisotopic (exact) mass is 346 g/mol. The molecule has 1 aliphatic rings. The predicted molar refractivity (Wildman–Crippen MR) is 99.8 cm³/mol. The first-order valence-electron chi connectivity index (χ1n) is 9.39. The van der Waals surface area contributed by atoms with Crippen molar-refractivity contribution in [2.75, 3.05) is 18.1 Å². The lowest BCUT2D eigenvalue weighted by Gasteiger charge is -2.20. The number of ether oxygens (including phenoxy) is 1. The molecule has 0 aliphatic carbocycles. The molecule has 1 aromatic carbocycles. The van der Waals surface area contributed by atoms with Crippen molar-refractivity contribution in [3.8, 4) is 5.75 Å². The molecule has 2 rings (SSSR count). The van der Waals surface area contributed by atoms with Crippen LogP contribution in [0.15, 0.2) is 24.3 Å². The van der Waals surface area contributed by atoms with Gasteiger partial charge in [0, 0.05) is 19.0 Å². The smallest absolute Gasteiger partial charge is 0.227 e. The van der Waals surface area contributed by atoms with Crippen molar-refractivity contribution in [1.82, 2.24) is 5.32 Å². The number of para-hydroxylation sites is 2. The van der Waals surface area contributed by atoms with Crippen LogP contribution >= 0.6 is 0 Å². The maximum Gasteiger partial charge on any atom is 0.227 e. The lowest BCUT2D eigenvalue weighted by Crippen LogP contribution is -2.38. The Kier molecular flexibility index (Phi) is 7.29. The normalized spacial score (nSPS) is 18.3. The standard InChI is InChI=1S/C20H30N2O3/c1-4-6-7-10-15(3)21-20(24)16-13-19(23)22(14-16)17-11-8-9-12-18(17)25-5-2/h8-9,11-12,15-16H,4-7,10,13-14H2,1-3H3,(H,21,24). The van der Waals surface area contributed by atoms with Crippen LogP contribution in [0.2, 0.25) is 0 Å². The molecule has 1 N–H and O–H groups in total. The molecule has 2 atom stereocenters. The van der Waals surface area contributed by atoms with Crippen LogP contribution in [0.25, 0.3) is 0 Å². The number of amides is 2. The molecule has 0 aromatic heterocycles. The van der Waals surface area contributed by atoms with Gasteiger partial charge in [-0.3, -0.25) is 9.59 Å². The van der Waals surface area contributed by atoms with Crippen LogP contribution in [0.1, 0.15) is 52.9 Å². The van der Waals surface area contributed by atoms with Crippen molar-refractivity contribution in [2.24, 2.45) is 5.92 Å². The van der Waals surface area contributed by atoms with Gasteiger partial charge in [-0.05, 0) is 32.4 Å². The molecule has 5 heteroatoms. The Morgan fingerprint density at radius 3 is 2.80 bits per heavy atom. The van der Waals surface area contributed by atoms with Gasteiger partial charge < -0.3 is 15.0 Å². The average molecular weight is 346 g/mol. The van der Waals surface area contributed by atoms with Gasteiger partial charge in [0.25, 0.3) is 0 Å². The van der Waals surface area contributed by atoms with Crippen LogP contribution < -0.4 is 15.0 Å². The van der Waals surface area contributed by atoms with Crippen molar-refractivity contribution in [3.63, 3.8) is 0 Å². The first-order valence-corrected chi connectivity index (χ1v) is 9.39. The molecule has 0 spiro atoms. The van der Waals surface area contributed by atoms with E-state index in [-0.39, 0.29) is 30.2 Å². The first kappa shape index (κ1) is 19.3. The number of nitrogens with zero attached hydrogens (tertiary/aromatic N) is 1. The Labute approximate surface area is 150 Å². The van der Waals surface area contributed by atoms with E-state index in [0.29, 0.717) is 18.9 Å². The molecule has 0 radical (unpaired) electrons. The predicted octanol–water partition coefficient (Wildman–Crippen LogP) is 3.52. The van der Waals surface area contributed by atoms with E-state index >= 15 is 0 Å². The fourth-order valence-corrected chi connectivity index (χ4v) is 3.21. The maximum absolute atomic E-state index is 12.5. The number of rotatable bonds is 9. The highest BCUT2D eigenvalue weighted by Crippen LogP contribution is 2.33. The summed E-state index contributed by atoms with van der Waals surface area (Å²) >= 11 is 0. The van der Waals surface area contributed by atoms with E-state index < -0.39 is 0 Å².